The molecule has 0 amide bonds. The maximum atomic E-state index is 12.1. The summed E-state index contributed by atoms with van der Waals surface area (Å²) >= 11 is 0. The summed E-state index contributed by atoms with van der Waals surface area (Å²) < 4.78 is 21.9. The number of carbonyl (C=O) groups excluding carboxylic acids is 1. The predicted molar refractivity (Wildman–Crippen MR) is 80.1 cm³/mol. The topological polar surface area (TPSA) is 54.0 Å². The molecule has 0 aromatic carbocycles. The highest BCUT2D eigenvalue weighted by molar-refractivity contribution is 5.75. The van der Waals surface area contributed by atoms with Crippen LogP contribution in [0, 0.1) is 0 Å². The van der Waals surface area contributed by atoms with Crippen molar-refractivity contribution in [2.24, 2.45) is 0 Å². The number of cyclic esters (lactones) is 1. The van der Waals surface area contributed by atoms with Crippen molar-refractivity contribution in [2.45, 2.75) is 38.9 Å². The lowest BCUT2D eigenvalue weighted by Gasteiger charge is -2.20. The Labute approximate surface area is 126 Å². The van der Waals surface area contributed by atoms with Gasteiger partial charge in [0.2, 0.25) is 0 Å². The van der Waals surface area contributed by atoms with Gasteiger partial charge in [-0.3, -0.25) is 0 Å². The van der Waals surface area contributed by atoms with Crippen molar-refractivity contribution in [3.05, 3.63) is 24.3 Å². The number of ether oxygens (including phenoxy) is 4. The van der Waals surface area contributed by atoms with E-state index < -0.39 is 12.1 Å². The van der Waals surface area contributed by atoms with Crippen LogP contribution in [0.15, 0.2) is 24.3 Å². The van der Waals surface area contributed by atoms with E-state index in [4.69, 9.17) is 18.9 Å². The van der Waals surface area contributed by atoms with Gasteiger partial charge in [-0.05, 0) is 26.7 Å². The van der Waals surface area contributed by atoms with Gasteiger partial charge in [-0.15, -0.1) is 0 Å². The second kappa shape index (κ2) is 9.71. The first-order valence-corrected chi connectivity index (χ1v) is 7.25. The van der Waals surface area contributed by atoms with Crippen LogP contribution >= 0.6 is 0 Å². The van der Waals surface area contributed by atoms with Crippen LogP contribution in [-0.4, -0.2) is 51.2 Å². The van der Waals surface area contributed by atoms with Gasteiger partial charge < -0.3 is 18.9 Å². The zero-order valence-electron chi connectivity index (χ0n) is 13.1. The van der Waals surface area contributed by atoms with E-state index in [1.807, 2.05) is 13.8 Å². The van der Waals surface area contributed by atoms with Gasteiger partial charge in [0.1, 0.15) is 6.10 Å². The first-order chi connectivity index (χ1) is 9.99. The number of hydrogen-bond acceptors (Lipinski definition) is 5. The van der Waals surface area contributed by atoms with E-state index in [-0.39, 0.29) is 12.7 Å². The van der Waals surface area contributed by atoms with Crippen LogP contribution in [0.4, 0.5) is 0 Å². The van der Waals surface area contributed by atoms with Gasteiger partial charge in [-0.2, -0.15) is 0 Å². The molecular weight excluding hydrogens is 272 g/mol. The molecule has 0 radical (unpaired) electrons. The van der Waals surface area contributed by atoms with Crippen molar-refractivity contribution in [1.82, 2.24) is 0 Å². The van der Waals surface area contributed by atoms with Gasteiger partial charge in [-0.25, -0.2) is 4.79 Å². The first-order valence-electron chi connectivity index (χ1n) is 7.25. The molecule has 2 atom stereocenters. The third-order valence-corrected chi connectivity index (χ3v) is 2.81. The Morgan fingerprint density at radius 3 is 2.67 bits per heavy atom. The Morgan fingerprint density at radius 2 is 2.00 bits per heavy atom. The highest BCUT2D eigenvalue weighted by atomic mass is 16.6. The van der Waals surface area contributed by atoms with Crippen LogP contribution in [0.1, 0.15) is 26.7 Å². The minimum atomic E-state index is -0.705. The predicted octanol–water partition coefficient (Wildman–Crippen LogP) is 2.26. The molecule has 0 aliphatic carbocycles. The molecule has 2 unspecified atom stereocenters. The quantitative estimate of drug-likeness (QED) is 0.533. The standard InChI is InChI=1S/C16H26O5/c1-12(2)8-19-10-14-6-5-7-18-11-15(16(17)21-14)20-9-13(3)4/h14-15H,1,3,5-11H2,2,4H3. The summed E-state index contributed by atoms with van der Waals surface area (Å²) in [6, 6.07) is 0. The van der Waals surface area contributed by atoms with Gasteiger partial charge in [0.05, 0.1) is 26.4 Å². The SMILES string of the molecule is C=C(C)COCC1CCCOCC(OCC(=C)C)C(=O)O1. The van der Waals surface area contributed by atoms with E-state index in [1.54, 1.807) is 0 Å². The molecule has 1 heterocycles. The maximum absolute atomic E-state index is 12.1. The summed E-state index contributed by atoms with van der Waals surface area (Å²) in [5, 5.41) is 0. The molecule has 0 spiro atoms. The number of rotatable bonds is 7. The second-order valence-corrected chi connectivity index (χ2v) is 5.51. The Kier molecular flexibility index (Phi) is 8.27. The van der Waals surface area contributed by atoms with Crippen molar-refractivity contribution in [3.8, 4) is 0 Å². The molecule has 0 aromatic heterocycles. The van der Waals surface area contributed by atoms with E-state index >= 15 is 0 Å². The third-order valence-electron chi connectivity index (χ3n) is 2.81. The van der Waals surface area contributed by atoms with E-state index in [2.05, 4.69) is 13.2 Å². The largest absolute Gasteiger partial charge is 0.458 e. The molecular formula is C16H26O5. The first kappa shape index (κ1) is 17.9. The van der Waals surface area contributed by atoms with Gasteiger partial charge in [0.15, 0.2) is 6.10 Å². The molecule has 1 fully saturated rings. The highest BCUT2D eigenvalue weighted by Crippen LogP contribution is 2.11. The molecule has 120 valence electrons. The Balaban J connectivity index is 2.50. The van der Waals surface area contributed by atoms with Crippen molar-refractivity contribution in [2.75, 3.05) is 33.0 Å². The molecule has 1 rings (SSSR count). The summed E-state index contributed by atoms with van der Waals surface area (Å²) in [6.45, 7) is 13.2. The maximum Gasteiger partial charge on any atom is 0.338 e. The molecule has 0 bridgehead atoms. The number of esters is 1. The number of hydrogen-bond donors (Lipinski definition) is 0. The van der Waals surface area contributed by atoms with Gasteiger partial charge in [0, 0.05) is 6.61 Å². The summed E-state index contributed by atoms with van der Waals surface area (Å²) in [7, 11) is 0. The van der Waals surface area contributed by atoms with Crippen LogP contribution in [0.25, 0.3) is 0 Å². The molecule has 0 saturated carbocycles. The molecule has 0 N–H and O–H groups in total. The Bertz CT molecular complexity index is 364. The molecule has 0 aromatic rings. The van der Waals surface area contributed by atoms with Crippen LogP contribution in [0.3, 0.4) is 0 Å². The van der Waals surface area contributed by atoms with Crippen molar-refractivity contribution >= 4 is 5.97 Å². The van der Waals surface area contributed by atoms with Crippen LogP contribution in [-0.2, 0) is 23.7 Å². The fraction of sp³-hybridized carbons (Fsp3) is 0.688. The molecule has 1 saturated heterocycles. The van der Waals surface area contributed by atoms with Crippen LogP contribution in [0.5, 0.6) is 0 Å². The molecule has 5 nitrogen and oxygen atoms in total. The monoisotopic (exact) mass is 298 g/mol. The Hall–Kier alpha value is -1.17. The van der Waals surface area contributed by atoms with Crippen LogP contribution in [0.2, 0.25) is 0 Å². The van der Waals surface area contributed by atoms with Crippen LogP contribution < -0.4 is 0 Å². The van der Waals surface area contributed by atoms with Crippen molar-refractivity contribution in [1.29, 1.82) is 0 Å². The minimum absolute atomic E-state index is 0.214. The third kappa shape index (κ3) is 7.99. The van der Waals surface area contributed by atoms with Gasteiger partial charge >= 0.3 is 5.97 Å². The zero-order chi connectivity index (χ0) is 15.7. The lowest BCUT2D eigenvalue weighted by Crippen LogP contribution is -2.35. The van der Waals surface area contributed by atoms with E-state index in [0.29, 0.717) is 26.4 Å². The van der Waals surface area contributed by atoms with Crippen molar-refractivity contribution < 1.29 is 23.7 Å². The summed E-state index contributed by atoms with van der Waals surface area (Å²) in [5.74, 6) is -0.401. The summed E-state index contributed by atoms with van der Waals surface area (Å²) in [5.41, 5.74) is 1.79. The molecule has 1 aliphatic rings. The van der Waals surface area contributed by atoms with Crippen molar-refractivity contribution in [3.63, 3.8) is 0 Å². The zero-order valence-corrected chi connectivity index (χ0v) is 13.1. The molecule has 5 heteroatoms. The lowest BCUT2D eigenvalue weighted by atomic mass is 10.2. The van der Waals surface area contributed by atoms with E-state index in [1.165, 1.54) is 0 Å². The fourth-order valence-electron chi connectivity index (χ4n) is 1.81. The van der Waals surface area contributed by atoms with Gasteiger partial charge in [0.25, 0.3) is 0 Å². The second-order valence-electron chi connectivity index (χ2n) is 5.51. The normalized spacial score (nSPS) is 23.6. The van der Waals surface area contributed by atoms with Gasteiger partial charge in [-0.1, -0.05) is 24.3 Å². The van der Waals surface area contributed by atoms with E-state index in [9.17, 15) is 4.79 Å². The lowest BCUT2D eigenvalue weighted by molar-refractivity contribution is -0.167. The smallest absolute Gasteiger partial charge is 0.338 e. The summed E-state index contributed by atoms with van der Waals surface area (Å²) in [6.07, 6.45) is 0.564. The minimum Gasteiger partial charge on any atom is -0.458 e. The highest BCUT2D eigenvalue weighted by Gasteiger charge is 2.26. The summed E-state index contributed by atoms with van der Waals surface area (Å²) in [4.78, 5) is 12.1. The van der Waals surface area contributed by atoms with E-state index in [0.717, 1.165) is 24.0 Å². The average molecular weight is 298 g/mol. The average Bonchev–Trinajstić information content (AvgIpc) is 2.47. The number of carbonyl (C=O) groups is 1. The Morgan fingerprint density at radius 1 is 1.29 bits per heavy atom. The fourth-order valence-corrected chi connectivity index (χ4v) is 1.81. The molecule has 1 aliphatic heterocycles. The molecule has 21 heavy (non-hydrogen) atoms.